The third-order valence-corrected chi connectivity index (χ3v) is 6.87. The van der Waals surface area contributed by atoms with Crippen molar-refractivity contribution in [1.82, 2.24) is 0 Å². The molecule has 0 nitrogen and oxygen atoms in total. The fraction of sp³-hybridized carbons (Fsp3) is 1.00. The molecule has 4 heteroatoms. The normalized spacial score (nSPS) is 9.30. The van der Waals surface area contributed by atoms with Crippen LogP contribution in [0.3, 0.4) is 0 Å². The van der Waals surface area contributed by atoms with Crippen molar-refractivity contribution in [3.8, 4) is 0 Å². The molecule has 0 aromatic rings. The Hall–Kier alpha value is 1.53. The second-order valence-corrected chi connectivity index (χ2v) is 11.6. The van der Waals surface area contributed by atoms with Crippen LogP contribution >= 0.6 is 27.5 Å². The summed E-state index contributed by atoms with van der Waals surface area (Å²) in [6.45, 7) is 4.59. The Kier molecular flexibility index (Phi) is 18.5. The van der Waals surface area contributed by atoms with Crippen molar-refractivity contribution >= 4 is 52.8 Å². The van der Waals surface area contributed by atoms with Gasteiger partial charge in [-0.2, -0.15) is 0 Å². The predicted octanol–water partition coefficient (Wildman–Crippen LogP) is 1.74. The fourth-order valence-electron chi connectivity index (χ4n) is 0.507. The SMILES string of the molecule is CC[SiH](CC)CBr.Cl[CH2][GeH3]. The van der Waals surface area contributed by atoms with Crippen LogP contribution in [-0.2, 0) is 0 Å². The summed E-state index contributed by atoms with van der Waals surface area (Å²) in [6, 6.07) is 2.89. The van der Waals surface area contributed by atoms with Gasteiger partial charge in [-0.25, -0.2) is 0 Å². The van der Waals surface area contributed by atoms with Gasteiger partial charge >= 0.3 is 32.8 Å². The van der Waals surface area contributed by atoms with Crippen molar-refractivity contribution in [2.75, 3.05) is 9.67 Å². The molecule has 0 aromatic heterocycles. The minimum atomic E-state index is -0.255. The van der Waals surface area contributed by atoms with Crippen LogP contribution in [0.25, 0.3) is 0 Å². The molecule has 0 amide bonds. The van der Waals surface area contributed by atoms with Crippen LogP contribution in [0.2, 0.25) is 12.1 Å². The van der Waals surface area contributed by atoms with Gasteiger partial charge in [0.15, 0.2) is 0 Å². The molecule has 0 unspecified atom stereocenters. The number of hydrogen-bond acceptors (Lipinski definition) is 0. The molecule has 64 valence electrons. The van der Waals surface area contributed by atoms with E-state index in [1.807, 2.05) is 0 Å². The molecule has 0 fully saturated rings. The number of alkyl halides is 2. The van der Waals surface area contributed by atoms with Crippen LogP contribution in [0.1, 0.15) is 13.8 Å². The summed E-state index contributed by atoms with van der Waals surface area (Å²) in [5, 5.41) is 0. The molecule has 0 bridgehead atoms. The van der Waals surface area contributed by atoms with Gasteiger partial charge in [-0.15, -0.1) is 0 Å². The quantitative estimate of drug-likeness (QED) is 0.550. The van der Waals surface area contributed by atoms with Crippen LogP contribution in [0, 0.1) is 0 Å². The van der Waals surface area contributed by atoms with Crippen molar-refractivity contribution < 1.29 is 0 Å². The van der Waals surface area contributed by atoms with E-state index in [1.165, 1.54) is 17.0 Å². The Morgan fingerprint density at radius 1 is 1.40 bits per heavy atom. The van der Waals surface area contributed by atoms with Gasteiger partial charge in [-0.3, -0.25) is 0 Å². The van der Waals surface area contributed by atoms with Crippen molar-refractivity contribution in [3.05, 3.63) is 0 Å². The van der Waals surface area contributed by atoms with Gasteiger partial charge in [0.25, 0.3) is 0 Å². The van der Waals surface area contributed by atoms with E-state index in [0.29, 0.717) is 0 Å². The van der Waals surface area contributed by atoms with Gasteiger partial charge in [0.1, 0.15) is 0 Å². The molecule has 0 saturated heterocycles. The molecule has 10 heavy (non-hydrogen) atoms. The predicted molar refractivity (Wildman–Crippen MR) is 62.6 cm³/mol. The summed E-state index contributed by atoms with van der Waals surface area (Å²) in [4.78, 5) is 1.31. The van der Waals surface area contributed by atoms with Crippen LogP contribution in [0.4, 0.5) is 0 Å². The molecular weight excluding hydrogens is 288 g/mol. The summed E-state index contributed by atoms with van der Waals surface area (Å²) in [7, 11) is -0.255. The zero-order chi connectivity index (χ0) is 8.41. The summed E-state index contributed by atoms with van der Waals surface area (Å²) in [6.07, 6.45) is 0. The fourth-order valence-corrected chi connectivity index (χ4v) is 4.27. The van der Waals surface area contributed by atoms with Crippen molar-refractivity contribution in [1.29, 1.82) is 0 Å². The topological polar surface area (TPSA) is 0 Å². The Morgan fingerprint density at radius 2 is 1.70 bits per heavy atom. The van der Waals surface area contributed by atoms with Gasteiger partial charge in [0, 0.05) is 8.80 Å². The first kappa shape index (κ1) is 14.1. The van der Waals surface area contributed by atoms with E-state index in [-0.39, 0.29) is 8.80 Å². The maximum atomic E-state index is 5.08. The van der Waals surface area contributed by atoms with E-state index < -0.39 is 0 Å². The van der Waals surface area contributed by atoms with E-state index in [1.54, 1.807) is 0 Å². The second-order valence-electron chi connectivity index (χ2n) is 2.10. The molecular formula is C6H18BrClGeSi. The van der Waals surface area contributed by atoms with Crippen molar-refractivity contribution in [3.63, 3.8) is 0 Å². The summed E-state index contributed by atoms with van der Waals surface area (Å²) in [5.74, 6) is 0. The van der Waals surface area contributed by atoms with E-state index in [0.717, 1.165) is 21.2 Å². The number of halogens is 2. The van der Waals surface area contributed by atoms with Gasteiger partial charge in [-0.1, -0.05) is 41.9 Å². The van der Waals surface area contributed by atoms with Crippen LogP contribution in [0.5, 0.6) is 0 Å². The van der Waals surface area contributed by atoms with Gasteiger partial charge in [-0.05, 0) is 4.95 Å². The monoisotopic (exact) mass is 306 g/mol. The summed E-state index contributed by atoms with van der Waals surface area (Å²) < 4.78 is 0.910. The van der Waals surface area contributed by atoms with Gasteiger partial charge in [0.2, 0.25) is 0 Å². The average Bonchev–Trinajstić information content (AvgIpc) is 1.93. The number of hydrogen-bond donors (Lipinski definition) is 0. The van der Waals surface area contributed by atoms with Gasteiger partial charge < -0.3 is 0 Å². The second kappa shape index (κ2) is 13.1. The van der Waals surface area contributed by atoms with Crippen LogP contribution in [0.15, 0.2) is 0 Å². The molecule has 0 saturated carbocycles. The van der Waals surface area contributed by atoms with E-state index in [4.69, 9.17) is 11.6 Å². The van der Waals surface area contributed by atoms with Crippen LogP contribution in [-0.4, -0.2) is 35.0 Å². The Morgan fingerprint density at radius 3 is 1.70 bits per heavy atom. The Balaban J connectivity index is 0. The molecule has 0 atom stereocenters. The molecule has 0 heterocycles. The average molecular weight is 306 g/mol. The molecule has 0 radical (unpaired) electrons. The third kappa shape index (κ3) is 12.2. The van der Waals surface area contributed by atoms with E-state index in [2.05, 4.69) is 29.8 Å². The van der Waals surface area contributed by atoms with Gasteiger partial charge in [0.05, 0.1) is 0 Å². The zero-order valence-electron chi connectivity index (χ0n) is 7.16. The molecule has 0 spiro atoms. The zero-order valence-corrected chi connectivity index (χ0v) is 14.9. The molecule has 0 aliphatic rings. The standard InChI is InChI=1S/C5H13BrSi.CH5ClGe/c1-3-7(4-2)5-6;2-1-3/h7H,3-5H2,1-2H3;1H2,3H3. The van der Waals surface area contributed by atoms with E-state index in [9.17, 15) is 0 Å². The Bertz CT molecular complexity index is 47.5. The van der Waals surface area contributed by atoms with E-state index >= 15 is 0 Å². The van der Waals surface area contributed by atoms with Crippen molar-refractivity contribution in [2.24, 2.45) is 0 Å². The third-order valence-electron chi connectivity index (χ3n) is 1.37. The minimum absolute atomic E-state index is 0.255. The summed E-state index contributed by atoms with van der Waals surface area (Å²) >= 11 is 9.45. The Labute approximate surface area is 88.1 Å². The van der Waals surface area contributed by atoms with Crippen molar-refractivity contribution in [2.45, 2.75) is 25.9 Å². The summed E-state index contributed by atoms with van der Waals surface area (Å²) in [5.41, 5.74) is 0. The first-order chi connectivity index (χ1) is 4.76. The first-order valence-corrected chi connectivity index (χ1v) is 11.0. The molecule has 0 N–H and O–H groups in total. The van der Waals surface area contributed by atoms with Crippen LogP contribution < -0.4 is 0 Å². The molecule has 0 aliphatic carbocycles. The first-order valence-electron chi connectivity index (χ1n) is 3.88. The molecule has 0 rings (SSSR count). The number of rotatable bonds is 3. The molecule has 0 aromatic carbocycles. The maximum absolute atomic E-state index is 5.08. The molecule has 0 aliphatic heterocycles.